The van der Waals surface area contributed by atoms with Crippen LogP contribution in [0.5, 0.6) is 11.5 Å². The van der Waals surface area contributed by atoms with Crippen LogP contribution in [0.15, 0.2) is 30.5 Å². The Hall–Kier alpha value is -2.67. The first-order valence-corrected chi connectivity index (χ1v) is 8.36. The molecule has 3 rings (SSSR count). The maximum absolute atomic E-state index is 9.86. The normalized spacial score (nSPS) is 10.6. The summed E-state index contributed by atoms with van der Waals surface area (Å²) in [5.41, 5.74) is 2.49. The molecule has 124 valence electrons. The summed E-state index contributed by atoms with van der Waals surface area (Å²) in [4.78, 5) is 14.4. The largest absolute Gasteiger partial charge is 0.504 e. The van der Waals surface area contributed by atoms with Crippen LogP contribution >= 0.6 is 11.3 Å². The molecule has 0 aliphatic rings. The van der Waals surface area contributed by atoms with Crippen LogP contribution in [0.3, 0.4) is 0 Å². The van der Waals surface area contributed by atoms with Crippen LogP contribution in [0.4, 0.5) is 11.6 Å². The molecule has 0 aliphatic carbocycles. The molecule has 1 aromatic carbocycles. The van der Waals surface area contributed by atoms with Crippen molar-refractivity contribution in [2.45, 2.75) is 20.3 Å². The summed E-state index contributed by atoms with van der Waals surface area (Å²) in [7, 11) is 1.51. The van der Waals surface area contributed by atoms with Crippen LogP contribution in [0.2, 0.25) is 0 Å². The average molecular weight is 342 g/mol. The number of thiazole rings is 1. The van der Waals surface area contributed by atoms with Crippen molar-refractivity contribution in [2.24, 2.45) is 0 Å². The smallest absolute Gasteiger partial charge is 0.227 e. The highest BCUT2D eigenvalue weighted by Crippen LogP contribution is 2.31. The molecule has 0 spiro atoms. The monoisotopic (exact) mass is 342 g/mol. The Morgan fingerprint density at radius 2 is 2.08 bits per heavy atom. The molecule has 6 nitrogen and oxygen atoms in total. The zero-order valence-corrected chi connectivity index (χ0v) is 14.5. The van der Waals surface area contributed by atoms with Crippen LogP contribution < -0.4 is 10.1 Å². The number of anilines is 2. The number of aromatic nitrogens is 3. The number of nitrogens with zero attached hydrogens (tertiary/aromatic N) is 3. The van der Waals surface area contributed by atoms with Gasteiger partial charge in [-0.25, -0.2) is 15.0 Å². The minimum absolute atomic E-state index is 0.0598. The second-order valence-corrected chi connectivity index (χ2v) is 6.24. The lowest BCUT2D eigenvalue weighted by molar-refractivity contribution is 0.373. The summed E-state index contributed by atoms with van der Waals surface area (Å²) in [6.45, 7) is 4.08. The van der Waals surface area contributed by atoms with Crippen molar-refractivity contribution >= 4 is 23.0 Å². The van der Waals surface area contributed by atoms with Crippen LogP contribution in [0.1, 0.15) is 17.6 Å². The SMILES string of the molecule is CCc1nc(C)c(-c2ccnc(Nc3ccc(OC)c(O)c3)n2)s1. The molecular weight excluding hydrogens is 324 g/mol. The summed E-state index contributed by atoms with van der Waals surface area (Å²) in [6, 6.07) is 6.92. The maximum Gasteiger partial charge on any atom is 0.227 e. The Balaban J connectivity index is 1.88. The molecule has 0 aliphatic heterocycles. The van der Waals surface area contributed by atoms with Gasteiger partial charge in [0.1, 0.15) is 0 Å². The van der Waals surface area contributed by atoms with E-state index in [4.69, 9.17) is 4.74 Å². The highest BCUT2D eigenvalue weighted by Gasteiger charge is 2.11. The minimum Gasteiger partial charge on any atom is -0.504 e. The molecule has 0 atom stereocenters. The first kappa shape index (κ1) is 16.2. The van der Waals surface area contributed by atoms with Gasteiger partial charge in [-0.05, 0) is 31.5 Å². The maximum atomic E-state index is 9.86. The fourth-order valence-electron chi connectivity index (χ4n) is 2.28. The third-order valence-corrected chi connectivity index (χ3v) is 4.79. The van der Waals surface area contributed by atoms with E-state index in [1.54, 1.807) is 35.7 Å². The van der Waals surface area contributed by atoms with Gasteiger partial charge in [-0.15, -0.1) is 11.3 Å². The number of hydrogen-bond acceptors (Lipinski definition) is 7. The van der Waals surface area contributed by atoms with Crippen molar-refractivity contribution in [3.05, 3.63) is 41.2 Å². The predicted molar refractivity (Wildman–Crippen MR) is 95.2 cm³/mol. The Morgan fingerprint density at radius 1 is 1.25 bits per heavy atom. The number of aromatic hydroxyl groups is 1. The molecule has 7 heteroatoms. The number of phenolic OH excluding ortho intramolecular Hbond substituents is 1. The highest BCUT2D eigenvalue weighted by atomic mass is 32.1. The van der Waals surface area contributed by atoms with E-state index in [-0.39, 0.29) is 5.75 Å². The van der Waals surface area contributed by atoms with Crippen LogP contribution in [-0.2, 0) is 6.42 Å². The topological polar surface area (TPSA) is 80.2 Å². The lowest BCUT2D eigenvalue weighted by atomic mass is 10.2. The first-order valence-electron chi connectivity index (χ1n) is 7.54. The molecule has 2 heterocycles. The minimum atomic E-state index is 0.0598. The van der Waals surface area contributed by atoms with Gasteiger partial charge in [0.05, 0.1) is 28.4 Å². The molecule has 0 fully saturated rings. The van der Waals surface area contributed by atoms with Crippen molar-refractivity contribution in [1.29, 1.82) is 0 Å². The summed E-state index contributed by atoms with van der Waals surface area (Å²) < 4.78 is 5.04. The van der Waals surface area contributed by atoms with Gasteiger partial charge in [-0.2, -0.15) is 0 Å². The third-order valence-electron chi connectivity index (χ3n) is 3.47. The lowest BCUT2D eigenvalue weighted by Crippen LogP contribution is -1.98. The zero-order valence-electron chi connectivity index (χ0n) is 13.7. The van der Waals surface area contributed by atoms with Crippen molar-refractivity contribution in [3.63, 3.8) is 0 Å². The van der Waals surface area contributed by atoms with E-state index in [2.05, 4.69) is 27.2 Å². The van der Waals surface area contributed by atoms with Gasteiger partial charge in [-0.1, -0.05) is 6.92 Å². The number of benzene rings is 1. The fourth-order valence-corrected chi connectivity index (χ4v) is 3.26. The van der Waals surface area contributed by atoms with Crippen LogP contribution in [-0.4, -0.2) is 27.2 Å². The van der Waals surface area contributed by atoms with E-state index in [0.717, 1.165) is 27.7 Å². The second kappa shape index (κ2) is 6.84. The summed E-state index contributed by atoms with van der Waals surface area (Å²) in [6.07, 6.45) is 2.62. The van der Waals surface area contributed by atoms with Crippen molar-refractivity contribution in [1.82, 2.24) is 15.0 Å². The van der Waals surface area contributed by atoms with Crippen molar-refractivity contribution in [2.75, 3.05) is 12.4 Å². The van der Waals surface area contributed by atoms with Gasteiger partial charge < -0.3 is 15.2 Å². The molecule has 2 N–H and O–H groups in total. The van der Waals surface area contributed by atoms with Crippen molar-refractivity contribution < 1.29 is 9.84 Å². The van der Waals surface area contributed by atoms with E-state index in [9.17, 15) is 5.11 Å². The van der Waals surface area contributed by atoms with Gasteiger partial charge in [0.2, 0.25) is 5.95 Å². The molecule has 0 bridgehead atoms. The standard InChI is InChI=1S/C17H18N4O2S/c1-4-15-19-10(2)16(24-15)12-7-8-18-17(21-12)20-11-5-6-14(23-3)13(22)9-11/h5-9,22H,4H2,1-3H3,(H,18,20,21). The number of rotatable bonds is 5. The number of ether oxygens (including phenoxy) is 1. The first-order chi connectivity index (χ1) is 11.6. The second-order valence-electron chi connectivity index (χ2n) is 5.15. The van der Waals surface area contributed by atoms with Crippen molar-refractivity contribution in [3.8, 4) is 22.1 Å². The molecule has 0 amide bonds. The molecule has 24 heavy (non-hydrogen) atoms. The Labute approximate surface area is 144 Å². The average Bonchev–Trinajstić information content (AvgIpc) is 2.96. The molecular formula is C17H18N4O2S. The lowest BCUT2D eigenvalue weighted by Gasteiger charge is -2.08. The van der Waals surface area contributed by atoms with E-state index < -0.39 is 0 Å². The number of methoxy groups -OCH3 is 1. The molecule has 0 unspecified atom stereocenters. The van der Waals surface area contributed by atoms with Gasteiger partial charge in [0.25, 0.3) is 0 Å². The molecule has 0 radical (unpaired) electrons. The Kier molecular flexibility index (Phi) is 4.61. The van der Waals surface area contributed by atoms with E-state index >= 15 is 0 Å². The number of phenols is 1. The molecule has 0 saturated heterocycles. The Morgan fingerprint density at radius 3 is 2.75 bits per heavy atom. The van der Waals surface area contributed by atoms with E-state index in [0.29, 0.717) is 17.4 Å². The molecule has 0 saturated carbocycles. The number of hydrogen-bond donors (Lipinski definition) is 2. The molecule has 3 aromatic rings. The Bertz CT molecular complexity index is 864. The number of nitrogens with one attached hydrogen (secondary N) is 1. The zero-order chi connectivity index (χ0) is 17.1. The van der Waals surface area contributed by atoms with Gasteiger partial charge >= 0.3 is 0 Å². The molecule has 2 aromatic heterocycles. The summed E-state index contributed by atoms with van der Waals surface area (Å²) in [5, 5.41) is 14.0. The number of aryl methyl sites for hydroxylation is 2. The van der Waals surface area contributed by atoms with Crippen LogP contribution in [0.25, 0.3) is 10.6 Å². The summed E-state index contributed by atoms with van der Waals surface area (Å²) in [5.74, 6) is 0.940. The van der Waals surface area contributed by atoms with Gasteiger partial charge in [-0.3, -0.25) is 0 Å². The third kappa shape index (κ3) is 3.30. The van der Waals surface area contributed by atoms with Gasteiger partial charge in [0.15, 0.2) is 11.5 Å². The van der Waals surface area contributed by atoms with Crippen LogP contribution in [0, 0.1) is 6.92 Å². The quantitative estimate of drug-likeness (QED) is 0.731. The highest BCUT2D eigenvalue weighted by molar-refractivity contribution is 7.15. The summed E-state index contributed by atoms with van der Waals surface area (Å²) >= 11 is 1.65. The predicted octanol–water partition coefficient (Wildman–Crippen LogP) is 3.93. The van der Waals surface area contributed by atoms with E-state index in [1.807, 2.05) is 13.0 Å². The van der Waals surface area contributed by atoms with Gasteiger partial charge in [0, 0.05) is 18.0 Å². The fraction of sp³-hybridized carbons (Fsp3) is 0.235. The van der Waals surface area contributed by atoms with E-state index in [1.165, 1.54) is 7.11 Å².